The second-order valence-electron chi connectivity index (χ2n) is 6.55. The minimum absolute atomic E-state index is 0.0626. The summed E-state index contributed by atoms with van der Waals surface area (Å²) in [5.41, 5.74) is 1.53. The van der Waals surface area contributed by atoms with Gasteiger partial charge in [-0.15, -0.1) is 0 Å². The molecule has 30 heavy (non-hydrogen) atoms. The van der Waals surface area contributed by atoms with Gasteiger partial charge in [0.05, 0.1) is 9.92 Å². The van der Waals surface area contributed by atoms with Crippen LogP contribution in [0.1, 0.15) is 15.9 Å². The fourth-order valence-corrected chi connectivity index (χ4v) is 4.02. The maximum Gasteiger partial charge on any atom is 0.251 e. The van der Waals surface area contributed by atoms with Gasteiger partial charge in [-0.2, -0.15) is 5.10 Å². The van der Waals surface area contributed by atoms with E-state index in [2.05, 4.69) is 15.7 Å². The van der Waals surface area contributed by atoms with E-state index < -0.39 is 15.7 Å². The predicted molar refractivity (Wildman–Crippen MR) is 113 cm³/mol. The molecule has 0 aliphatic rings. The Morgan fingerprint density at radius 3 is 2.63 bits per heavy atom. The fraction of sp³-hybridized carbons (Fsp3) is 0.150. The van der Waals surface area contributed by atoms with Crippen LogP contribution in [0.4, 0.5) is 5.69 Å². The van der Waals surface area contributed by atoms with Crippen molar-refractivity contribution in [3.05, 3.63) is 77.1 Å². The first-order chi connectivity index (χ1) is 14.2. The number of carbonyl (C=O) groups is 2. The summed E-state index contributed by atoms with van der Waals surface area (Å²) in [5, 5.41) is 9.55. The average molecular weight is 447 g/mol. The van der Waals surface area contributed by atoms with E-state index in [-0.39, 0.29) is 34.5 Å². The van der Waals surface area contributed by atoms with Gasteiger partial charge in [0, 0.05) is 36.4 Å². The van der Waals surface area contributed by atoms with Crippen LogP contribution >= 0.6 is 11.6 Å². The molecule has 0 spiro atoms. The van der Waals surface area contributed by atoms with Gasteiger partial charge in [0.25, 0.3) is 5.91 Å². The van der Waals surface area contributed by atoms with Crippen LogP contribution in [0.5, 0.6) is 0 Å². The molecule has 0 saturated carbocycles. The summed E-state index contributed by atoms with van der Waals surface area (Å²) < 4.78 is 25.1. The topological polar surface area (TPSA) is 110 Å². The summed E-state index contributed by atoms with van der Waals surface area (Å²) >= 11 is 5.91. The Bertz CT molecular complexity index is 1180. The van der Waals surface area contributed by atoms with Gasteiger partial charge in [0.1, 0.15) is 6.54 Å². The third-order valence-electron chi connectivity index (χ3n) is 4.12. The normalized spacial score (nSPS) is 11.1. The number of nitrogens with one attached hydrogen (secondary N) is 2. The molecule has 3 rings (SSSR count). The number of halogens is 1. The number of benzene rings is 2. The Morgan fingerprint density at radius 2 is 1.93 bits per heavy atom. The first-order valence-electron chi connectivity index (χ1n) is 8.86. The molecule has 0 radical (unpaired) electrons. The molecule has 0 aliphatic heterocycles. The molecule has 10 heteroatoms. The number of carbonyl (C=O) groups excluding carboxylic acids is 2. The smallest absolute Gasteiger partial charge is 0.251 e. The maximum atomic E-state index is 12.4. The van der Waals surface area contributed by atoms with Gasteiger partial charge in [-0.1, -0.05) is 23.7 Å². The maximum absolute atomic E-state index is 12.4. The van der Waals surface area contributed by atoms with Gasteiger partial charge in [0.15, 0.2) is 9.84 Å². The lowest BCUT2D eigenvalue weighted by atomic mass is 10.1. The Morgan fingerprint density at radius 1 is 1.13 bits per heavy atom. The molecule has 2 N–H and O–H groups in total. The van der Waals surface area contributed by atoms with Gasteiger partial charge >= 0.3 is 0 Å². The molecule has 0 aliphatic carbocycles. The number of rotatable bonds is 7. The minimum Gasteiger partial charge on any atom is -0.348 e. The van der Waals surface area contributed by atoms with Gasteiger partial charge in [0.2, 0.25) is 5.91 Å². The molecule has 0 fully saturated rings. The lowest BCUT2D eigenvalue weighted by Crippen LogP contribution is -2.23. The molecule has 0 saturated heterocycles. The van der Waals surface area contributed by atoms with Crippen molar-refractivity contribution in [2.45, 2.75) is 18.0 Å². The molecule has 2 aromatic carbocycles. The van der Waals surface area contributed by atoms with E-state index in [1.807, 2.05) is 0 Å². The molecule has 8 nitrogen and oxygen atoms in total. The standard InChI is InChI=1S/C20H19ClN4O4S/c1-30(28,29)18-11-15(6-7-17(18)21)20(27)22-12-14-4-2-5-16(10-14)24-19(26)13-25-9-3-8-23-25/h2-11H,12-13H2,1H3,(H,22,27)(H,24,26). The van der Waals surface area contributed by atoms with E-state index >= 15 is 0 Å². The van der Waals surface area contributed by atoms with Crippen molar-refractivity contribution >= 4 is 38.9 Å². The number of nitrogens with zero attached hydrogens (tertiary/aromatic N) is 2. The molecule has 156 valence electrons. The molecular weight excluding hydrogens is 428 g/mol. The van der Waals surface area contributed by atoms with Crippen LogP contribution in [0.25, 0.3) is 0 Å². The third-order valence-corrected chi connectivity index (χ3v) is 5.70. The van der Waals surface area contributed by atoms with Crippen molar-refractivity contribution in [2.75, 3.05) is 11.6 Å². The highest BCUT2D eigenvalue weighted by Crippen LogP contribution is 2.22. The number of anilines is 1. The zero-order chi connectivity index (χ0) is 21.7. The Kier molecular flexibility index (Phi) is 6.53. The minimum atomic E-state index is -3.55. The first kappa shape index (κ1) is 21.5. The van der Waals surface area contributed by atoms with Crippen LogP contribution in [-0.2, 0) is 27.7 Å². The zero-order valence-electron chi connectivity index (χ0n) is 16.0. The summed E-state index contributed by atoms with van der Waals surface area (Å²) in [7, 11) is -3.55. The monoisotopic (exact) mass is 446 g/mol. The van der Waals surface area contributed by atoms with Crippen LogP contribution in [0, 0.1) is 0 Å². The van der Waals surface area contributed by atoms with Gasteiger partial charge in [-0.3, -0.25) is 14.3 Å². The molecule has 0 unspecified atom stereocenters. The highest BCUT2D eigenvalue weighted by Gasteiger charge is 2.16. The lowest BCUT2D eigenvalue weighted by molar-refractivity contribution is -0.116. The van der Waals surface area contributed by atoms with E-state index in [1.54, 1.807) is 42.7 Å². The summed E-state index contributed by atoms with van der Waals surface area (Å²) in [5.74, 6) is -0.668. The van der Waals surface area contributed by atoms with E-state index in [0.29, 0.717) is 5.69 Å². The highest BCUT2D eigenvalue weighted by molar-refractivity contribution is 7.90. The third kappa shape index (κ3) is 5.68. The number of amides is 2. The van der Waals surface area contributed by atoms with Crippen LogP contribution in [0.2, 0.25) is 5.02 Å². The van der Waals surface area contributed by atoms with E-state index in [4.69, 9.17) is 11.6 Å². The van der Waals surface area contributed by atoms with Crippen molar-refractivity contribution in [2.24, 2.45) is 0 Å². The Hall–Kier alpha value is -3.17. The van der Waals surface area contributed by atoms with E-state index in [0.717, 1.165) is 11.8 Å². The zero-order valence-corrected chi connectivity index (χ0v) is 17.6. The summed E-state index contributed by atoms with van der Waals surface area (Å²) in [6.45, 7) is 0.283. The number of aromatic nitrogens is 2. The number of hydrogen-bond donors (Lipinski definition) is 2. The predicted octanol–water partition coefficient (Wildman–Crippen LogP) is 2.51. The van der Waals surface area contributed by atoms with Crippen molar-refractivity contribution in [1.29, 1.82) is 0 Å². The SMILES string of the molecule is CS(=O)(=O)c1cc(C(=O)NCc2cccc(NC(=O)Cn3cccn3)c2)ccc1Cl. The molecule has 1 aromatic heterocycles. The van der Waals surface area contributed by atoms with E-state index in [1.165, 1.54) is 22.9 Å². The average Bonchev–Trinajstić information content (AvgIpc) is 3.18. The lowest BCUT2D eigenvalue weighted by Gasteiger charge is -2.10. The highest BCUT2D eigenvalue weighted by atomic mass is 35.5. The fourth-order valence-electron chi connectivity index (χ4n) is 2.71. The Balaban J connectivity index is 1.63. The summed E-state index contributed by atoms with van der Waals surface area (Å²) in [6.07, 6.45) is 4.32. The van der Waals surface area contributed by atoms with Gasteiger partial charge < -0.3 is 10.6 Å². The van der Waals surface area contributed by atoms with Crippen LogP contribution in [-0.4, -0.2) is 36.3 Å². The number of sulfone groups is 1. The van der Waals surface area contributed by atoms with Crippen molar-refractivity contribution in [1.82, 2.24) is 15.1 Å². The van der Waals surface area contributed by atoms with Crippen molar-refractivity contribution < 1.29 is 18.0 Å². The number of hydrogen-bond acceptors (Lipinski definition) is 5. The van der Waals surface area contributed by atoms with Crippen LogP contribution < -0.4 is 10.6 Å². The molecule has 0 bridgehead atoms. The van der Waals surface area contributed by atoms with Gasteiger partial charge in [-0.25, -0.2) is 8.42 Å². The quantitative estimate of drug-likeness (QED) is 0.579. The largest absolute Gasteiger partial charge is 0.348 e. The molecule has 2 amide bonds. The second kappa shape index (κ2) is 9.10. The molecular formula is C20H19ClN4O4S. The molecule has 0 atom stereocenters. The van der Waals surface area contributed by atoms with Crippen molar-refractivity contribution in [3.63, 3.8) is 0 Å². The molecule has 3 aromatic rings. The van der Waals surface area contributed by atoms with E-state index in [9.17, 15) is 18.0 Å². The van der Waals surface area contributed by atoms with Crippen LogP contribution in [0.3, 0.4) is 0 Å². The Labute approximate surface area is 178 Å². The van der Waals surface area contributed by atoms with Gasteiger partial charge in [-0.05, 0) is 42.0 Å². The summed E-state index contributed by atoms with van der Waals surface area (Å²) in [6, 6.07) is 12.9. The second-order valence-corrected chi connectivity index (χ2v) is 8.94. The van der Waals surface area contributed by atoms with Crippen molar-refractivity contribution in [3.8, 4) is 0 Å². The molecule has 1 heterocycles. The van der Waals surface area contributed by atoms with Crippen LogP contribution in [0.15, 0.2) is 65.8 Å². The first-order valence-corrected chi connectivity index (χ1v) is 11.1. The summed E-state index contributed by atoms with van der Waals surface area (Å²) in [4.78, 5) is 24.4.